The lowest BCUT2D eigenvalue weighted by Crippen LogP contribution is -2.08. The van der Waals surface area contributed by atoms with Crippen molar-refractivity contribution in [2.45, 2.75) is 19.6 Å². The molecule has 0 fully saturated rings. The molecule has 0 aliphatic carbocycles. The number of hydrogen-bond acceptors (Lipinski definition) is 4. The van der Waals surface area contributed by atoms with E-state index in [0.29, 0.717) is 6.61 Å². The largest absolute Gasteiger partial charge is 0.486 e. The van der Waals surface area contributed by atoms with Crippen LogP contribution < -0.4 is 10.5 Å². The maximum Gasteiger partial charge on any atom is 0.140 e. The van der Waals surface area contributed by atoms with Crippen LogP contribution in [-0.2, 0) is 6.61 Å². The van der Waals surface area contributed by atoms with E-state index in [4.69, 9.17) is 10.5 Å². The third-order valence-corrected chi connectivity index (χ3v) is 4.65. The maximum absolute atomic E-state index is 6.00. The Morgan fingerprint density at radius 3 is 2.86 bits per heavy atom. The van der Waals surface area contributed by atoms with Gasteiger partial charge in [0.1, 0.15) is 17.4 Å². The first-order valence-corrected chi connectivity index (χ1v) is 8.27. The Kier molecular flexibility index (Phi) is 4.24. The monoisotopic (exact) mass is 362 g/mol. The summed E-state index contributed by atoms with van der Waals surface area (Å²) in [7, 11) is 0. The molecule has 3 aromatic rings. The Bertz CT molecular complexity index is 737. The van der Waals surface area contributed by atoms with E-state index in [9.17, 15) is 0 Å². The third-order valence-electron chi connectivity index (χ3n) is 3.15. The van der Waals surface area contributed by atoms with Crippen molar-refractivity contribution in [1.29, 1.82) is 0 Å². The number of nitrogens with two attached hydrogens (primary N) is 1. The number of rotatable bonds is 4. The molecule has 21 heavy (non-hydrogen) atoms. The Balaban J connectivity index is 1.81. The lowest BCUT2D eigenvalue weighted by atomic mass is 10.1. The molecule has 1 unspecified atom stereocenters. The predicted molar refractivity (Wildman–Crippen MR) is 90.7 cm³/mol. The summed E-state index contributed by atoms with van der Waals surface area (Å²) >= 11 is 5.12. The number of benzene rings is 2. The fraction of sp³-hybridized carbons (Fsp3) is 0.188. The summed E-state index contributed by atoms with van der Waals surface area (Å²) in [6.45, 7) is 2.41. The molecule has 3 rings (SSSR count). The number of thiazole rings is 1. The van der Waals surface area contributed by atoms with Gasteiger partial charge in [-0.15, -0.1) is 11.3 Å². The number of nitrogens with zero attached hydrogens (tertiary/aromatic N) is 1. The smallest absolute Gasteiger partial charge is 0.140 e. The van der Waals surface area contributed by atoms with Gasteiger partial charge in [-0.1, -0.05) is 28.1 Å². The molecule has 0 saturated carbocycles. The molecule has 0 amide bonds. The zero-order valence-corrected chi connectivity index (χ0v) is 13.9. The van der Waals surface area contributed by atoms with E-state index in [0.717, 1.165) is 26.3 Å². The Morgan fingerprint density at radius 2 is 2.10 bits per heavy atom. The number of para-hydroxylation sites is 1. The fourth-order valence-electron chi connectivity index (χ4n) is 2.13. The summed E-state index contributed by atoms with van der Waals surface area (Å²) < 4.78 is 8.10. The molecule has 0 aliphatic heterocycles. The van der Waals surface area contributed by atoms with Crippen LogP contribution in [-0.4, -0.2) is 4.98 Å². The summed E-state index contributed by atoms with van der Waals surface area (Å²) in [6, 6.07) is 13.9. The van der Waals surface area contributed by atoms with Crippen molar-refractivity contribution in [2.75, 3.05) is 0 Å². The van der Waals surface area contributed by atoms with Gasteiger partial charge < -0.3 is 10.5 Å². The number of ether oxygens (including phenoxy) is 1. The first kappa shape index (κ1) is 14.5. The zero-order chi connectivity index (χ0) is 14.8. The molecule has 0 bridgehead atoms. The lowest BCUT2D eigenvalue weighted by Gasteiger charge is -2.13. The standard InChI is InChI=1S/C16H15BrN2OS/c1-10(18)12-8-11(17)6-7-14(12)20-9-16-19-13-4-2-3-5-15(13)21-16/h2-8,10H,9,18H2,1H3. The number of halogens is 1. The van der Waals surface area contributed by atoms with Crippen LogP contribution in [0.25, 0.3) is 10.2 Å². The molecule has 2 aromatic carbocycles. The minimum atomic E-state index is -0.0760. The van der Waals surface area contributed by atoms with E-state index in [2.05, 4.69) is 27.0 Å². The molecule has 3 nitrogen and oxygen atoms in total. The molecule has 0 saturated heterocycles. The average Bonchev–Trinajstić information content (AvgIpc) is 2.88. The van der Waals surface area contributed by atoms with Crippen LogP contribution in [0, 0.1) is 0 Å². The minimum absolute atomic E-state index is 0.0760. The van der Waals surface area contributed by atoms with Gasteiger partial charge in [0.2, 0.25) is 0 Å². The van der Waals surface area contributed by atoms with Crippen LogP contribution in [0.5, 0.6) is 5.75 Å². The van der Waals surface area contributed by atoms with Crippen molar-refractivity contribution in [2.24, 2.45) is 5.73 Å². The maximum atomic E-state index is 6.00. The summed E-state index contributed by atoms with van der Waals surface area (Å²) in [4.78, 5) is 4.57. The molecule has 0 radical (unpaired) electrons. The number of aromatic nitrogens is 1. The zero-order valence-electron chi connectivity index (χ0n) is 11.5. The molecular formula is C16H15BrN2OS. The second-order valence-corrected chi connectivity index (χ2v) is 6.87. The lowest BCUT2D eigenvalue weighted by molar-refractivity contribution is 0.301. The van der Waals surface area contributed by atoms with Crippen LogP contribution in [0.1, 0.15) is 23.5 Å². The van der Waals surface area contributed by atoms with Gasteiger partial charge in [0, 0.05) is 16.1 Å². The van der Waals surface area contributed by atoms with Crippen LogP contribution in [0.15, 0.2) is 46.9 Å². The quantitative estimate of drug-likeness (QED) is 0.734. The molecule has 108 valence electrons. The highest BCUT2D eigenvalue weighted by Crippen LogP contribution is 2.29. The summed E-state index contributed by atoms with van der Waals surface area (Å²) in [5.74, 6) is 0.812. The normalized spacial score (nSPS) is 12.5. The van der Waals surface area contributed by atoms with Gasteiger partial charge in [0.15, 0.2) is 0 Å². The Hall–Kier alpha value is -1.43. The molecule has 1 aromatic heterocycles. The van der Waals surface area contributed by atoms with E-state index in [-0.39, 0.29) is 6.04 Å². The van der Waals surface area contributed by atoms with Crippen molar-refractivity contribution in [3.05, 3.63) is 57.5 Å². The number of fused-ring (bicyclic) bond motifs is 1. The highest BCUT2D eigenvalue weighted by molar-refractivity contribution is 9.10. The highest BCUT2D eigenvalue weighted by atomic mass is 79.9. The van der Waals surface area contributed by atoms with Crippen molar-refractivity contribution in [3.8, 4) is 5.75 Å². The predicted octanol–water partition coefficient (Wildman–Crippen LogP) is 4.66. The molecule has 5 heteroatoms. The molecule has 0 spiro atoms. The van der Waals surface area contributed by atoms with E-state index in [1.54, 1.807) is 11.3 Å². The van der Waals surface area contributed by atoms with Gasteiger partial charge in [0.25, 0.3) is 0 Å². The van der Waals surface area contributed by atoms with Crippen LogP contribution >= 0.6 is 27.3 Å². The summed E-state index contributed by atoms with van der Waals surface area (Å²) in [5.41, 5.74) is 8.01. The topological polar surface area (TPSA) is 48.1 Å². The SMILES string of the molecule is CC(N)c1cc(Br)ccc1OCc1nc2ccccc2s1. The molecule has 2 N–H and O–H groups in total. The van der Waals surface area contributed by atoms with Crippen LogP contribution in [0.3, 0.4) is 0 Å². The van der Waals surface area contributed by atoms with Gasteiger partial charge in [0.05, 0.1) is 10.2 Å². The summed E-state index contributed by atoms with van der Waals surface area (Å²) in [6.07, 6.45) is 0. The van der Waals surface area contributed by atoms with Crippen LogP contribution in [0.2, 0.25) is 0 Å². The second-order valence-electron chi connectivity index (χ2n) is 4.83. The second kappa shape index (κ2) is 6.13. The van der Waals surface area contributed by atoms with Crippen LogP contribution in [0.4, 0.5) is 0 Å². The third kappa shape index (κ3) is 3.26. The van der Waals surface area contributed by atoms with E-state index in [1.165, 1.54) is 4.70 Å². The number of hydrogen-bond donors (Lipinski definition) is 1. The van der Waals surface area contributed by atoms with Crippen molar-refractivity contribution in [1.82, 2.24) is 4.98 Å². The van der Waals surface area contributed by atoms with Crippen molar-refractivity contribution in [3.63, 3.8) is 0 Å². The van der Waals surface area contributed by atoms with Gasteiger partial charge in [-0.2, -0.15) is 0 Å². The summed E-state index contributed by atoms with van der Waals surface area (Å²) in [5, 5.41) is 0.967. The highest BCUT2D eigenvalue weighted by Gasteiger charge is 2.10. The Morgan fingerprint density at radius 1 is 1.29 bits per heavy atom. The first-order valence-electron chi connectivity index (χ1n) is 6.66. The van der Waals surface area contributed by atoms with Gasteiger partial charge >= 0.3 is 0 Å². The molecule has 0 aliphatic rings. The van der Waals surface area contributed by atoms with E-state index in [1.807, 2.05) is 43.3 Å². The van der Waals surface area contributed by atoms with Crippen molar-refractivity contribution >= 4 is 37.5 Å². The molecule has 1 heterocycles. The fourth-order valence-corrected chi connectivity index (χ4v) is 3.39. The minimum Gasteiger partial charge on any atom is -0.486 e. The van der Waals surface area contributed by atoms with E-state index >= 15 is 0 Å². The van der Waals surface area contributed by atoms with Crippen molar-refractivity contribution < 1.29 is 4.74 Å². The Labute approximate surface area is 135 Å². The van der Waals surface area contributed by atoms with Gasteiger partial charge in [-0.05, 0) is 37.3 Å². The average molecular weight is 363 g/mol. The van der Waals surface area contributed by atoms with E-state index < -0.39 is 0 Å². The molecule has 1 atom stereocenters. The van der Waals surface area contributed by atoms with Gasteiger partial charge in [-0.3, -0.25) is 0 Å². The molecular weight excluding hydrogens is 348 g/mol. The first-order chi connectivity index (χ1) is 10.1. The van der Waals surface area contributed by atoms with Gasteiger partial charge in [-0.25, -0.2) is 4.98 Å².